The molecule has 0 aromatic heterocycles. The molecule has 2 nitrogen and oxygen atoms in total. The van der Waals surface area contributed by atoms with Crippen molar-refractivity contribution in [2.24, 2.45) is 0 Å². The van der Waals surface area contributed by atoms with Gasteiger partial charge in [-0.1, -0.05) is 24.3 Å². The number of thiol groups is 1. The van der Waals surface area contributed by atoms with Crippen LogP contribution in [0.15, 0.2) is 53.4 Å². The van der Waals surface area contributed by atoms with Crippen LogP contribution in [-0.4, -0.2) is 5.91 Å². The van der Waals surface area contributed by atoms with Gasteiger partial charge in [-0.2, -0.15) is 0 Å². The summed E-state index contributed by atoms with van der Waals surface area (Å²) in [5.74, 6) is -0.00693. The fraction of sp³-hybridized carbons (Fsp3) is 0.133. The third-order valence-corrected chi connectivity index (χ3v) is 2.90. The minimum Gasteiger partial charge on any atom is -0.326 e. The number of carbonyl (C=O) groups is 1. The Hall–Kier alpha value is -1.74. The first-order valence-electron chi connectivity index (χ1n) is 5.78. The first-order valence-corrected chi connectivity index (χ1v) is 6.22. The Bertz CT molecular complexity index is 549. The molecule has 0 saturated carbocycles. The van der Waals surface area contributed by atoms with Gasteiger partial charge in [0, 0.05) is 10.6 Å². The van der Waals surface area contributed by atoms with E-state index < -0.39 is 0 Å². The van der Waals surface area contributed by atoms with E-state index in [-0.39, 0.29) is 5.91 Å². The van der Waals surface area contributed by atoms with E-state index in [1.165, 1.54) is 0 Å². The Morgan fingerprint density at radius 2 is 1.89 bits per heavy atom. The molecular formula is C15H15NOS. The lowest BCUT2D eigenvalue weighted by Gasteiger charge is -2.06. The molecule has 0 fully saturated rings. The van der Waals surface area contributed by atoms with Gasteiger partial charge in [-0.25, -0.2) is 0 Å². The van der Waals surface area contributed by atoms with E-state index in [1.807, 2.05) is 55.5 Å². The van der Waals surface area contributed by atoms with Gasteiger partial charge in [0.05, 0.1) is 6.42 Å². The van der Waals surface area contributed by atoms with Gasteiger partial charge in [-0.15, -0.1) is 12.6 Å². The van der Waals surface area contributed by atoms with Gasteiger partial charge in [0.1, 0.15) is 0 Å². The van der Waals surface area contributed by atoms with Crippen LogP contribution in [0.5, 0.6) is 0 Å². The average Bonchev–Trinajstić information content (AvgIpc) is 2.32. The van der Waals surface area contributed by atoms with Crippen LogP contribution in [0.25, 0.3) is 0 Å². The Balaban J connectivity index is 1.98. The second-order valence-electron chi connectivity index (χ2n) is 4.26. The standard InChI is InChI=1S/C15H15NOS/c1-11-3-2-4-13(9-11)16-15(17)10-12-5-7-14(18)8-6-12/h2-9,18H,10H2,1H3,(H,16,17). The summed E-state index contributed by atoms with van der Waals surface area (Å²) in [7, 11) is 0. The van der Waals surface area contributed by atoms with Gasteiger partial charge >= 0.3 is 0 Å². The number of aryl methyl sites for hydroxylation is 1. The molecule has 18 heavy (non-hydrogen) atoms. The first-order chi connectivity index (χ1) is 8.63. The molecule has 0 heterocycles. The van der Waals surface area contributed by atoms with E-state index in [4.69, 9.17) is 0 Å². The van der Waals surface area contributed by atoms with Crippen molar-refractivity contribution in [1.29, 1.82) is 0 Å². The van der Waals surface area contributed by atoms with E-state index >= 15 is 0 Å². The highest BCUT2D eigenvalue weighted by Crippen LogP contribution is 2.12. The predicted molar refractivity (Wildman–Crippen MR) is 77.2 cm³/mol. The van der Waals surface area contributed by atoms with Crippen molar-refractivity contribution in [3.05, 3.63) is 59.7 Å². The number of hydrogen-bond donors (Lipinski definition) is 2. The third-order valence-electron chi connectivity index (χ3n) is 2.60. The molecule has 0 aliphatic carbocycles. The van der Waals surface area contributed by atoms with Crippen molar-refractivity contribution in [2.75, 3.05) is 5.32 Å². The minimum absolute atomic E-state index is 0.00693. The third kappa shape index (κ3) is 3.64. The lowest BCUT2D eigenvalue weighted by atomic mass is 10.1. The first kappa shape index (κ1) is 12.7. The van der Waals surface area contributed by atoms with E-state index in [1.54, 1.807) is 0 Å². The summed E-state index contributed by atoms with van der Waals surface area (Å²) in [6, 6.07) is 15.4. The van der Waals surface area contributed by atoms with Crippen molar-refractivity contribution in [3.63, 3.8) is 0 Å². The fourth-order valence-electron chi connectivity index (χ4n) is 1.73. The monoisotopic (exact) mass is 257 g/mol. The quantitative estimate of drug-likeness (QED) is 0.810. The molecule has 2 aromatic rings. The lowest BCUT2D eigenvalue weighted by molar-refractivity contribution is -0.115. The lowest BCUT2D eigenvalue weighted by Crippen LogP contribution is -2.14. The SMILES string of the molecule is Cc1cccc(NC(=O)Cc2ccc(S)cc2)c1. The molecule has 2 aromatic carbocycles. The van der Waals surface area contributed by atoms with E-state index in [9.17, 15) is 4.79 Å². The van der Waals surface area contributed by atoms with Gasteiger partial charge in [0.25, 0.3) is 0 Å². The summed E-state index contributed by atoms with van der Waals surface area (Å²) in [5, 5.41) is 2.89. The highest BCUT2D eigenvalue weighted by Gasteiger charge is 2.04. The van der Waals surface area contributed by atoms with Gasteiger partial charge in [-0.3, -0.25) is 4.79 Å². The second-order valence-corrected chi connectivity index (χ2v) is 4.78. The van der Waals surface area contributed by atoms with Crippen LogP contribution in [0.1, 0.15) is 11.1 Å². The molecule has 92 valence electrons. The molecule has 0 saturated heterocycles. The summed E-state index contributed by atoms with van der Waals surface area (Å²) in [4.78, 5) is 12.7. The Morgan fingerprint density at radius 1 is 1.17 bits per heavy atom. The molecule has 1 amide bonds. The summed E-state index contributed by atoms with van der Waals surface area (Å²) in [5.41, 5.74) is 2.95. The molecule has 2 rings (SSSR count). The zero-order valence-electron chi connectivity index (χ0n) is 10.2. The van der Waals surface area contributed by atoms with Crippen LogP contribution >= 0.6 is 12.6 Å². The van der Waals surface area contributed by atoms with Crippen molar-refractivity contribution in [1.82, 2.24) is 0 Å². The molecule has 0 radical (unpaired) electrons. The largest absolute Gasteiger partial charge is 0.326 e. The zero-order chi connectivity index (χ0) is 13.0. The smallest absolute Gasteiger partial charge is 0.228 e. The molecule has 3 heteroatoms. The highest BCUT2D eigenvalue weighted by molar-refractivity contribution is 7.80. The molecule has 1 N–H and O–H groups in total. The highest BCUT2D eigenvalue weighted by atomic mass is 32.1. The van der Waals surface area contributed by atoms with Gasteiger partial charge in [0.2, 0.25) is 5.91 Å². The van der Waals surface area contributed by atoms with Crippen LogP contribution in [-0.2, 0) is 11.2 Å². The van der Waals surface area contributed by atoms with Crippen molar-refractivity contribution in [3.8, 4) is 0 Å². The fourth-order valence-corrected chi connectivity index (χ4v) is 1.88. The summed E-state index contributed by atoms with van der Waals surface area (Å²) < 4.78 is 0. The number of anilines is 1. The van der Waals surface area contributed by atoms with Crippen LogP contribution < -0.4 is 5.32 Å². The van der Waals surface area contributed by atoms with Crippen LogP contribution in [0.2, 0.25) is 0 Å². The van der Waals surface area contributed by atoms with E-state index in [0.717, 1.165) is 21.7 Å². The number of amides is 1. The van der Waals surface area contributed by atoms with Crippen LogP contribution in [0.3, 0.4) is 0 Å². The maximum absolute atomic E-state index is 11.8. The molecule has 0 unspecified atom stereocenters. The normalized spacial score (nSPS) is 10.1. The van der Waals surface area contributed by atoms with Gasteiger partial charge < -0.3 is 5.32 Å². The molecule has 0 spiro atoms. The van der Waals surface area contributed by atoms with E-state index in [2.05, 4.69) is 17.9 Å². The summed E-state index contributed by atoms with van der Waals surface area (Å²) in [6.07, 6.45) is 0.377. The number of carbonyl (C=O) groups excluding carboxylic acids is 1. The molecule has 0 bridgehead atoms. The van der Waals surface area contributed by atoms with Crippen LogP contribution in [0.4, 0.5) is 5.69 Å². The summed E-state index contributed by atoms with van der Waals surface area (Å²) in [6.45, 7) is 2.00. The second kappa shape index (κ2) is 5.74. The Morgan fingerprint density at radius 3 is 2.56 bits per heavy atom. The molecule has 0 aliphatic rings. The molecule has 0 atom stereocenters. The minimum atomic E-state index is -0.00693. The van der Waals surface area contributed by atoms with Gasteiger partial charge in [-0.05, 0) is 42.3 Å². The van der Waals surface area contributed by atoms with Crippen LogP contribution in [0, 0.1) is 6.92 Å². The Kier molecular flexibility index (Phi) is 4.05. The topological polar surface area (TPSA) is 29.1 Å². The molecule has 0 aliphatic heterocycles. The van der Waals surface area contributed by atoms with Crippen molar-refractivity contribution >= 4 is 24.2 Å². The number of nitrogens with one attached hydrogen (secondary N) is 1. The number of benzene rings is 2. The molecular weight excluding hydrogens is 242 g/mol. The van der Waals surface area contributed by atoms with Gasteiger partial charge in [0.15, 0.2) is 0 Å². The van der Waals surface area contributed by atoms with Crippen molar-refractivity contribution in [2.45, 2.75) is 18.2 Å². The average molecular weight is 257 g/mol. The number of rotatable bonds is 3. The number of hydrogen-bond acceptors (Lipinski definition) is 2. The maximum Gasteiger partial charge on any atom is 0.228 e. The Labute approximate surface area is 112 Å². The summed E-state index contributed by atoms with van der Waals surface area (Å²) >= 11 is 4.21. The van der Waals surface area contributed by atoms with Crippen molar-refractivity contribution < 1.29 is 4.79 Å². The maximum atomic E-state index is 11.8. The van der Waals surface area contributed by atoms with E-state index in [0.29, 0.717) is 6.42 Å². The predicted octanol–water partition coefficient (Wildman–Crippen LogP) is 3.46. The zero-order valence-corrected chi connectivity index (χ0v) is 11.1.